The minimum Gasteiger partial charge on any atom is -0.436 e. The van der Waals surface area contributed by atoms with Crippen LogP contribution in [-0.4, -0.2) is 9.55 Å². The lowest BCUT2D eigenvalue weighted by atomic mass is 10.0. The molecule has 0 radical (unpaired) electrons. The number of rotatable bonds is 6. The molecule has 0 unspecified atom stereocenters. The Kier molecular flexibility index (Phi) is 6.78. The standard InChI is InChI=1S/C47H31N3O/c1-4-13-32(14-5-1)35-17-12-20-37(29-35)49(38-25-23-33-24-28-45-46(41(33)30-38)48-47(51-45)34-15-6-2-7-16-34)39-26-27-44-42(31-39)40-21-10-11-22-43(40)50(44)36-18-8-3-9-19-36/h1-31H. The maximum Gasteiger partial charge on any atom is 0.227 e. The Bertz CT molecular complexity index is 2850. The lowest BCUT2D eigenvalue weighted by Crippen LogP contribution is -2.10. The highest BCUT2D eigenvalue weighted by molar-refractivity contribution is 6.11. The van der Waals surface area contributed by atoms with Crippen molar-refractivity contribution < 1.29 is 4.42 Å². The average molecular weight is 654 g/mol. The summed E-state index contributed by atoms with van der Waals surface area (Å²) in [6.45, 7) is 0. The van der Waals surface area contributed by atoms with Gasteiger partial charge in [0.15, 0.2) is 5.58 Å². The van der Waals surface area contributed by atoms with E-state index in [9.17, 15) is 0 Å². The van der Waals surface area contributed by atoms with Crippen molar-refractivity contribution in [3.8, 4) is 28.3 Å². The molecular weight excluding hydrogens is 623 g/mol. The van der Waals surface area contributed by atoms with E-state index in [2.05, 4.69) is 161 Å². The topological polar surface area (TPSA) is 34.2 Å². The molecule has 2 aromatic heterocycles. The molecule has 51 heavy (non-hydrogen) atoms. The van der Waals surface area contributed by atoms with Gasteiger partial charge in [-0.1, -0.05) is 109 Å². The van der Waals surface area contributed by atoms with E-state index in [-0.39, 0.29) is 0 Å². The fourth-order valence-electron chi connectivity index (χ4n) is 7.40. The molecule has 4 nitrogen and oxygen atoms in total. The highest BCUT2D eigenvalue weighted by Crippen LogP contribution is 2.42. The molecule has 0 bridgehead atoms. The van der Waals surface area contributed by atoms with Crippen molar-refractivity contribution in [2.75, 3.05) is 4.90 Å². The molecule has 10 aromatic rings. The summed E-state index contributed by atoms with van der Waals surface area (Å²) < 4.78 is 8.65. The molecule has 240 valence electrons. The molecule has 0 spiro atoms. The summed E-state index contributed by atoms with van der Waals surface area (Å²) in [5, 5.41) is 4.57. The van der Waals surface area contributed by atoms with Crippen LogP contribution in [0.1, 0.15) is 0 Å². The molecule has 0 atom stereocenters. The fraction of sp³-hybridized carbons (Fsp3) is 0. The predicted molar refractivity (Wildman–Crippen MR) is 211 cm³/mol. The van der Waals surface area contributed by atoms with Gasteiger partial charge in [0.1, 0.15) is 5.52 Å². The maximum absolute atomic E-state index is 6.30. The van der Waals surface area contributed by atoms with Crippen molar-refractivity contribution in [1.29, 1.82) is 0 Å². The summed E-state index contributed by atoms with van der Waals surface area (Å²) in [4.78, 5) is 7.39. The van der Waals surface area contributed by atoms with Crippen LogP contribution in [0.3, 0.4) is 0 Å². The van der Waals surface area contributed by atoms with Crippen molar-refractivity contribution in [3.05, 3.63) is 188 Å². The van der Waals surface area contributed by atoms with Crippen LogP contribution in [0.15, 0.2) is 192 Å². The molecule has 0 aliphatic rings. The summed E-state index contributed by atoms with van der Waals surface area (Å²) in [5.41, 5.74) is 11.6. The van der Waals surface area contributed by atoms with Crippen LogP contribution < -0.4 is 4.90 Å². The van der Waals surface area contributed by atoms with Gasteiger partial charge in [-0.3, -0.25) is 0 Å². The number of oxazole rings is 1. The van der Waals surface area contributed by atoms with E-state index >= 15 is 0 Å². The highest BCUT2D eigenvalue weighted by Gasteiger charge is 2.19. The summed E-state index contributed by atoms with van der Waals surface area (Å²) in [7, 11) is 0. The Labute approximate surface area is 295 Å². The Hall–Kier alpha value is -6.91. The first-order valence-corrected chi connectivity index (χ1v) is 17.2. The first-order chi connectivity index (χ1) is 25.3. The van der Waals surface area contributed by atoms with Crippen molar-refractivity contribution >= 4 is 60.7 Å². The monoisotopic (exact) mass is 653 g/mol. The smallest absolute Gasteiger partial charge is 0.227 e. The maximum atomic E-state index is 6.30. The molecule has 2 heterocycles. The fourth-order valence-corrected chi connectivity index (χ4v) is 7.40. The number of benzene rings is 8. The van der Waals surface area contributed by atoms with Gasteiger partial charge in [0.25, 0.3) is 0 Å². The summed E-state index contributed by atoms with van der Waals surface area (Å²) >= 11 is 0. The van der Waals surface area contributed by atoms with Gasteiger partial charge in [-0.15, -0.1) is 0 Å². The molecule has 8 aromatic carbocycles. The van der Waals surface area contributed by atoms with Crippen LogP contribution in [0.2, 0.25) is 0 Å². The number of aromatic nitrogens is 2. The van der Waals surface area contributed by atoms with Crippen LogP contribution in [0, 0.1) is 0 Å². The van der Waals surface area contributed by atoms with E-state index < -0.39 is 0 Å². The van der Waals surface area contributed by atoms with Gasteiger partial charge in [0, 0.05) is 44.5 Å². The van der Waals surface area contributed by atoms with E-state index in [1.54, 1.807) is 0 Å². The summed E-state index contributed by atoms with van der Waals surface area (Å²) in [5.74, 6) is 0.621. The van der Waals surface area contributed by atoms with Crippen molar-refractivity contribution in [1.82, 2.24) is 9.55 Å². The number of hydrogen-bond donors (Lipinski definition) is 0. The molecule has 0 aliphatic carbocycles. The predicted octanol–water partition coefficient (Wildman–Crippen LogP) is 12.9. The third-order valence-electron chi connectivity index (χ3n) is 9.78. The minimum atomic E-state index is 0.621. The van der Waals surface area contributed by atoms with E-state index in [4.69, 9.17) is 9.40 Å². The lowest BCUT2D eigenvalue weighted by Gasteiger charge is -2.26. The first-order valence-electron chi connectivity index (χ1n) is 17.2. The van der Waals surface area contributed by atoms with Gasteiger partial charge < -0.3 is 13.9 Å². The number of para-hydroxylation sites is 2. The molecule has 0 saturated heterocycles. The molecule has 0 aliphatic heterocycles. The zero-order valence-electron chi connectivity index (χ0n) is 27.6. The number of fused-ring (bicyclic) bond motifs is 6. The third kappa shape index (κ3) is 4.96. The Morgan fingerprint density at radius 3 is 1.84 bits per heavy atom. The van der Waals surface area contributed by atoms with Crippen LogP contribution >= 0.6 is 0 Å². The zero-order valence-corrected chi connectivity index (χ0v) is 27.6. The number of hydrogen-bond acceptors (Lipinski definition) is 3. The van der Waals surface area contributed by atoms with Crippen LogP contribution in [0.5, 0.6) is 0 Å². The first kappa shape index (κ1) is 29.0. The second-order valence-corrected chi connectivity index (χ2v) is 12.8. The highest BCUT2D eigenvalue weighted by atomic mass is 16.3. The normalized spacial score (nSPS) is 11.5. The Balaban J connectivity index is 1.20. The number of anilines is 3. The largest absolute Gasteiger partial charge is 0.436 e. The van der Waals surface area contributed by atoms with Crippen molar-refractivity contribution in [3.63, 3.8) is 0 Å². The van der Waals surface area contributed by atoms with Gasteiger partial charge in [0.2, 0.25) is 5.89 Å². The molecule has 0 amide bonds. The van der Waals surface area contributed by atoms with E-state index in [0.717, 1.165) is 55.7 Å². The quantitative estimate of drug-likeness (QED) is 0.179. The second-order valence-electron chi connectivity index (χ2n) is 12.8. The number of nitrogens with zero attached hydrogens (tertiary/aromatic N) is 3. The average Bonchev–Trinajstić information content (AvgIpc) is 3.79. The van der Waals surface area contributed by atoms with Crippen molar-refractivity contribution in [2.45, 2.75) is 0 Å². The molecule has 10 rings (SSSR count). The Morgan fingerprint density at radius 2 is 1.04 bits per heavy atom. The van der Waals surface area contributed by atoms with Crippen molar-refractivity contribution in [2.24, 2.45) is 0 Å². The van der Waals surface area contributed by atoms with Crippen LogP contribution in [-0.2, 0) is 0 Å². The van der Waals surface area contributed by atoms with Gasteiger partial charge >= 0.3 is 0 Å². The molecule has 0 fully saturated rings. The molecule has 4 heteroatoms. The van der Waals surface area contributed by atoms with Crippen LogP contribution in [0.4, 0.5) is 17.1 Å². The summed E-state index contributed by atoms with van der Waals surface area (Å²) in [6, 6.07) is 66.3. The third-order valence-corrected chi connectivity index (χ3v) is 9.78. The molecule has 0 saturated carbocycles. The van der Waals surface area contributed by atoms with Gasteiger partial charge in [-0.05, 0) is 95.4 Å². The minimum absolute atomic E-state index is 0.621. The van der Waals surface area contributed by atoms with Crippen LogP contribution in [0.25, 0.3) is 71.9 Å². The Morgan fingerprint density at radius 1 is 0.431 bits per heavy atom. The summed E-state index contributed by atoms with van der Waals surface area (Å²) in [6.07, 6.45) is 0. The van der Waals surface area contributed by atoms with Gasteiger partial charge in [-0.25, -0.2) is 4.98 Å². The lowest BCUT2D eigenvalue weighted by molar-refractivity contribution is 0.620. The molecule has 0 N–H and O–H groups in total. The zero-order chi connectivity index (χ0) is 33.7. The van der Waals surface area contributed by atoms with Gasteiger partial charge in [-0.2, -0.15) is 0 Å². The molecular formula is C47H31N3O. The second kappa shape index (κ2) is 11.9. The van der Waals surface area contributed by atoms with E-state index in [0.29, 0.717) is 5.89 Å². The van der Waals surface area contributed by atoms with Gasteiger partial charge in [0.05, 0.1) is 11.0 Å². The van der Waals surface area contributed by atoms with E-state index in [1.807, 2.05) is 36.4 Å². The SMILES string of the molecule is c1ccc(-c2cccc(N(c3ccc4ccc5oc(-c6ccccc6)nc5c4c3)c3ccc4c(c3)c3ccccc3n4-c3ccccc3)c2)cc1. The van der Waals surface area contributed by atoms with E-state index in [1.165, 1.54) is 27.4 Å².